The molecule has 0 amide bonds. The Morgan fingerprint density at radius 1 is 0.900 bits per heavy atom. The predicted molar refractivity (Wildman–Crippen MR) is 82.5 cm³/mol. The van der Waals surface area contributed by atoms with Crippen LogP contribution in [0.15, 0.2) is 60.7 Å². The van der Waals surface area contributed by atoms with Gasteiger partial charge in [0.1, 0.15) is 5.78 Å². The molecule has 1 atom stereocenters. The first-order valence-corrected chi connectivity index (χ1v) is 7.12. The molecule has 0 saturated heterocycles. The van der Waals surface area contributed by atoms with Crippen LogP contribution in [0.2, 0.25) is 0 Å². The smallest absolute Gasteiger partial charge is 0.149 e. The maximum atomic E-state index is 12.0. The van der Waals surface area contributed by atoms with E-state index in [0.717, 1.165) is 18.4 Å². The molecule has 0 aliphatic rings. The van der Waals surface area contributed by atoms with E-state index in [2.05, 4.69) is 12.1 Å². The van der Waals surface area contributed by atoms with E-state index in [0.29, 0.717) is 12.8 Å². The van der Waals surface area contributed by atoms with Crippen LogP contribution in [-0.2, 0) is 17.6 Å². The molecule has 2 heteroatoms. The van der Waals surface area contributed by atoms with Crippen molar-refractivity contribution < 1.29 is 4.79 Å². The van der Waals surface area contributed by atoms with E-state index >= 15 is 0 Å². The lowest BCUT2D eigenvalue weighted by Gasteiger charge is -2.10. The second-order valence-corrected chi connectivity index (χ2v) is 5.10. The third-order valence-electron chi connectivity index (χ3n) is 3.44. The predicted octanol–water partition coefficient (Wildman–Crippen LogP) is 3.15. The van der Waals surface area contributed by atoms with Crippen LogP contribution in [0, 0.1) is 0 Å². The highest BCUT2D eigenvalue weighted by atomic mass is 16.1. The molecule has 2 aromatic rings. The Balaban J connectivity index is 1.74. The second kappa shape index (κ2) is 7.61. The fourth-order valence-electron chi connectivity index (χ4n) is 2.28. The molecule has 2 aromatic carbocycles. The van der Waals surface area contributed by atoms with Gasteiger partial charge in [0.15, 0.2) is 0 Å². The van der Waals surface area contributed by atoms with Gasteiger partial charge in [-0.3, -0.25) is 4.79 Å². The van der Waals surface area contributed by atoms with E-state index in [-0.39, 0.29) is 11.8 Å². The molecule has 2 N–H and O–H groups in total. The molecule has 0 radical (unpaired) electrons. The van der Waals surface area contributed by atoms with Crippen molar-refractivity contribution in [3.05, 3.63) is 71.8 Å². The summed E-state index contributed by atoms with van der Waals surface area (Å²) < 4.78 is 0. The second-order valence-electron chi connectivity index (χ2n) is 5.10. The van der Waals surface area contributed by atoms with Crippen molar-refractivity contribution in [1.82, 2.24) is 0 Å². The van der Waals surface area contributed by atoms with Crippen LogP contribution in [0.5, 0.6) is 0 Å². The highest BCUT2D eigenvalue weighted by Crippen LogP contribution is 2.08. The van der Waals surface area contributed by atoms with Gasteiger partial charge in [0.05, 0.1) is 6.04 Å². The van der Waals surface area contributed by atoms with Crippen LogP contribution in [0.3, 0.4) is 0 Å². The number of benzene rings is 2. The lowest BCUT2D eigenvalue weighted by Crippen LogP contribution is -2.32. The maximum Gasteiger partial charge on any atom is 0.149 e. The summed E-state index contributed by atoms with van der Waals surface area (Å²) in [6.07, 6.45) is 2.99. The zero-order valence-corrected chi connectivity index (χ0v) is 11.7. The van der Waals surface area contributed by atoms with Crippen LogP contribution in [0.1, 0.15) is 24.0 Å². The number of carbonyl (C=O) groups is 1. The van der Waals surface area contributed by atoms with Crippen molar-refractivity contribution in [3.63, 3.8) is 0 Å². The summed E-state index contributed by atoms with van der Waals surface area (Å²) in [6, 6.07) is 19.8. The SMILES string of the molecule is NC(Cc1ccccc1)C(=O)CCCc1ccccc1. The largest absolute Gasteiger partial charge is 0.321 e. The number of nitrogens with two attached hydrogens (primary N) is 1. The molecular weight excluding hydrogens is 246 g/mol. The molecule has 0 saturated carbocycles. The van der Waals surface area contributed by atoms with E-state index in [1.807, 2.05) is 48.5 Å². The van der Waals surface area contributed by atoms with Crippen LogP contribution < -0.4 is 5.73 Å². The minimum absolute atomic E-state index is 0.157. The van der Waals surface area contributed by atoms with Gasteiger partial charge in [-0.1, -0.05) is 60.7 Å². The number of aryl methyl sites for hydroxylation is 1. The van der Waals surface area contributed by atoms with Crippen molar-refractivity contribution in [2.24, 2.45) is 5.73 Å². The van der Waals surface area contributed by atoms with Gasteiger partial charge < -0.3 is 5.73 Å². The average molecular weight is 267 g/mol. The van der Waals surface area contributed by atoms with Crippen LogP contribution in [0.4, 0.5) is 0 Å². The van der Waals surface area contributed by atoms with Gasteiger partial charge in [0.2, 0.25) is 0 Å². The monoisotopic (exact) mass is 267 g/mol. The summed E-state index contributed by atoms with van der Waals surface area (Å²) in [6.45, 7) is 0. The van der Waals surface area contributed by atoms with E-state index < -0.39 is 0 Å². The summed E-state index contributed by atoms with van der Waals surface area (Å²) in [4.78, 5) is 12.0. The van der Waals surface area contributed by atoms with Crippen LogP contribution >= 0.6 is 0 Å². The minimum Gasteiger partial charge on any atom is -0.321 e. The molecule has 2 rings (SSSR count). The van der Waals surface area contributed by atoms with Crippen LogP contribution in [0.25, 0.3) is 0 Å². The lowest BCUT2D eigenvalue weighted by atomic mass is 9.99. The van der Waals surface area contributed by atoms with Crippen molar-refractivity contribution in [2.75, 3.05) is 0 Å². The fraction of sp³-hybridized carbons (Fsp3) is 0.278. The summed E-state index contributed by atoms with van der Waals surface area (Å²) in [5.41, 5.74) is 8.38. The number of hydrogen-bond acceptors (Lipinski definition) is 2. The van der Waals surface area contributed by atoms with E-state index in [4.69, 9.17) is 5.73 Å². The number of ketones is 1. The molecule has 0 fully saturated rings. The quantitative estimate of drug-likeness (QED) is 0.837. The number of carbonyl (C=O) groups excluding carboxylic acids is 1. The van der Waals surface area contributed by atoms with Crippen molar-refractivity contribution in [2.45, 2.75) is 31.7 Å². The zero-order valence-electron chi connectivity index (χ0n) is 11.7. The Bertz CT molecular complexity index is 522. The van der Waals surface area contributed by atoms with Gasteiger partial charge in [-0.25, -0.2) is 0 Å². The minimum atomic E-state index is -0.381. The molecule has 1 unspecified atom stereocenters. The Kier molecular flexibility index (Phi) is 5.51. The van der Waals surface area contributed by atoms with Gasteiger partial charge in [-0.2, -0.15) is 0 Å². The fourth-order valence-corrected chi connectivity index (χ4v) is 2.28. The third kappa shape index (κ3) is 4.63. The summed E-state index contributed by atoms with van der Waals surface area (Å²) in [5, 5.41) is 0. The van der Waals surface area contributed by atoms with Crippen molar-refractivity contribution in [3.8, 4) is 0 Å². The molecule has 2 nitrogen and oxygen atoms in total. The molecule has 0 aromatic heterocycles. The van der Waals surface area contributed by atoms with Crippen molar-refractivity contribution >= 4 is 5.78 Å². The molecule has 0 spiro atoms. The lowest BCUT2D eigenvalue weighted by molar-refractivity contribution is -0.120. The Hall–Kier alpha value is -1.93. The highest BCUT2D eigenvalue weighted by molar-refractivity contribution is 5.84. The Morgan fingerprint density at radius 2 is 1.45 bits per heavy atom. The Morgan fingerprint density at radius 3 is 2.05 bits per heavy atom. The number of Topliss-reactive ketones (excluding diaryl/α,β-unsaturated/α-hetero) is 1. The van der Waals surface area contributed by atoms with Gasteiger partial charge >= 0.3 is 0 Å². The maximum absolute atomic E-state index is 12.0. The average Bonchev–Trinajstić information content (AvgIpc) is 2.49. The Labute approximate surface area is 120 Å². The third-order valence-corrected chi connectivity index (χ3v) is 3.44. The molecule has 0 aliphatic carbocycles. The molecule has 0 bridgehead atoms. The highest BCUT2D eigenvalue weighted by Gasteiger charge is 2.13. The van der Waals surface area contributed by atoms with Gasteiger partial charge in [-0.05, 0) is 30.4 Å². The molecule has 20 heavy (non-hydrogen) atoms. The van der Waals surface area contributed by atoms with Crippen molar-refractivity contribution in [1.29, 1.82) is 0 Å². The molecule has 0 aliphatic heterocycles. The van der Waals surface area contributed by atoms with Gasteiger partial charge in [0.25, 0.3) is 0 Å². The van der Waals surface area contributed by atoms with Gasteiger partial charge in [0, 0.05) is 6.42 Å². The van der Waals surface area contributed by atoms with Gasteiger partial charge in [-0.15, -0.1) is 0 Å². The standard InChI is InChI=1S/C18H21NO/c19-17(14-16-10-5-2-6-11-16)18(20)13-7-12-15-8-3-1-4-9-15/h1-6,8-11,17H,7,12-14,19H2. The first-order valence-electron chi connectivity index (χ1n) is 7.12. The van der Waals surface area contributed by atoms with E-state index in [1.54, 1.807) is 0 Å². The molecular formula is C18H21NO. The topological polar surface area (TPSA) is 43.1 Å². The summed E-state index contributed by atoms with van der Waals surface area (Å²) >= 11 is 0. The summed E-state index contributed by atoms with van der Waals surface area (Å²) in [5.74, 6) is 0.157. The summed E-state index contributed by atoms with van der Waals surface area (Å²) in [7, 11) is 0. The van der Waals surface area contributed by atoms with E-state index in [9.17, 15) is 4.79 Å². The van der Waals surface area contributed by atoms with E-state index in [1.165, 1.54) is 5.56 Å². The molecule has 0 heterocycles. The zero-order chi connectivity index (χ0) is 14.2. The molecule has 104 valence electrons. The first kappa shape index (κ1) is 14.5. The number of rotatable bonds is 7. The van der Waals surface area contributed by atoms with Crippen LogP contribution in [-0.4, -0.2) is 11.8 Å². The first-order chi connectivity index (χ1) is 9.75. The normalized spacial score (nSPS) is 12.1. The number of hydrogen-bond donors (Lipinski definition) is 1.